The van der Waals surface area contributed by atoms with E-state index in [9.17, 15) is 13.2 Å². The highest BCUT2D eigenvalue weighted by atomic mass is 35.5. The highest BCUT2D eigenvalue weighted by molar-refractivity contribution is 7.98. The van der Waals surface area contributed by atoms with Gasteiger partial charge in [-0.25, -0.2) is 9.97 Å². The standard InChI is InChI=1S/C17H13ClF3N3S2/c1-10-2-4-12(5-3-10)23-16-24-13(9-26-16)8-25-15-14(18)6-11(7-22-15)17(19,20)21/h2-7,9H,8H2,1H3,(H,23,24). The number of hydrogen-bond acceptors (Lipinski definition) is 5. The molecule has 3 nitrogen and oxygen atoms in total. The first-order valence-corrected chi connectivity index (χ1v) is 9.69. The van der Waals surface area contributed by atoms with Crippen molar-refractivity contribution in [3.8, 4) is 0 Å². The van der Waals surface area contributed by atoms with Gasteiger partial charge < -0.3 is 5.32 Å². The lowest BCUT2D eigenvalue weighted by molar-refractivity contribution is -0.137. The molecule has 0 aliphatic carbocycles. The van der Waals surface area contributed by atoms with E-state index in [0.29, 0.717) is 10.8 Å². The molecule has 2 heterocycles. The molecule has 3 aromatic rings. The summed E-state index contributed by atoms with van der Waals surface area (Å²) in [6, 6.07) is 8.84. The maximum atomic E-state index is 12.6. The largest absolute Gasteiger partial charge is 0.417 e. The third-order valence-corrected chi connectivity index (χ3v) is 5.59. The maximum absolute atomic E-state index is 12.6. The van der Waals surface area contributed by atoms with E-state index in [4.69, 9.17) is 11.6 Å². The van der Waals surface area contributed by atoms with Crippen LogP contribution in [0.4, 0.5) is 24.0 Å². The average molecular weight is 416 g/mol. The van der Waals surface area contributed by atoms with Crippen LogP contribution in [0.5, 0.6) is 0 Å². The molecule has 0 unspecified atom stereocenters. The Hall–Kier alpha value is -1.77. The van der Waals surface area contributed by atoms with Crippen LogP contribution in [-0.2, 0) is 11.9 Å². The summed E-state index contributed by atoms with van der Waals surface area (Å²) in [6.07, 6.45) is -3.66. The van der Waals surface area contributed by atoms with Crippen molar-refractivity contribution in [3.63, 3.8) is 0 Å². The molecule has 3 rings (SSSR count). The monoisotopic (exact) mass is 415 g/mol. The summed E-state index contributed by atoms with van der Waals surface area (Å²) in [5.74, 6) is 0.462. The summed E-state index contributed by atoms with van der Waals surface area (Å²) in [5.41, 5.74) is 2.06. The Labute approximate surface area is 161 Å². The number of nitrogens with one attached hydrogen (secondary N) is 1. The summed E-state index contributed by atoms with van der Waals surface area (Å²) >= 11 is 8.62. The van der Waals surface area contributed by atoms with E-state index in [1.165, 1.54) is 28.7 Å². The van der Waals surface area contributed by atoms with Crippen LogP contribution in [-0.4, -0.2) is 9.97 Å². The molecule has 0 spiro atoms. The molecule has 1 N–H and O–H groups in total. The van der Waals surface area contributed by atoms with Gasteiger partial charge in [0.25, 0.3) is 0 Å². The quantitative estimate of drug-likeness (QED) is 0.479. The lowest BCUT2D eigenvalue weighted by Gasteiger charge is -2.08. The number of anilines is 2. The van der Waals surface area contributed by atoms with Gasteiger partial charge in [-0.3, -0.25) is 0 Å². The minimum atomic E-state index is -4.45. The van der Waals surface area contributed by atoms with Gasteiger partial charge in [-0.15, -0.1) is 11.3 Å². The first kappa shape index (κ1) is 19.0. The molecule has 136 valence electrons. The van der Waals surface area contributed by atoms with Crippen LogP contribution in [0.15, 0.2) is 46.9 Å². The lowest BCUT2D eigenvalue weighted by Crippen LogP contribution is -2.05. The maximum Gasteiger partial charge on any atom is 0.417 e. The van der Waals surface area contributed by atoms with E-state index in [1.54, 1.807) is 0 Å². The van der Waals surface area contributed by atoms with Crippen molar-refractivity contribution in [2.24, 2.45) is 0 Å². The number of aryl methyl sites for hydroxylation is 1. The number of nitrogens with zero attached hydrogens (tertiary/aromatic N) is 2. The van der Waals surface area contributed by atoms with Crippen molar-refractivity contribution in [1.29, 1.82) is 0 Å². The second-order valence-electron chi connectivity index (χ2n) is 5.43. The highest BCUT2D eigenvalue weighted by Crippen LogP contribution is 2.35. The zero-order chi connectivity index (χ0) is 18.7. The van der Waals surface area contributed by atoms with E-state index in [2.05, 4.69) is 15.3 Å². The molecule has 2 aromatic heterocycles. The summed E-state index contributed by atoms with van der Waals surface area (Å²) in [6.45, 7) is 2.02. The van der Waals surface area contributed by atoms with Gasteiger partial charge in [0.1, 0.15) is 5.03 Å². The fraction of sp³-hybridized carbons (Fsp3) is 0.176. The van der Waals surface area contributed by atoms with E-state index < -0.39 is 11.7 Å². The number of hydrogen-bond donors (Lipinski definition) is 1. The molecular formula is C17H13ClF3N3S2. The zero-order valence-electron chi connectivity index (χ0n) is 13.5. The fourth-order valence-electron chi connectivity index (χ4n) is 2.02. The first-order chi connectivity index (χ1) is 12.3. The van der Waals surface area contributed by atoms with E-state index in [-0.39, 0.29) is 5.02 Å². The van der Waals surface area contributed by atoms with Gasteiger partial charge >= 0.3 is 6.18 Å². The van der Waals surface area contributed by atoms with Gasteiger partial charge in [-0.05, 0) is 25.1 Å². The highest BCUT2D eigenvalue weighted by Gasteiger charge is 2.31. The Kier molecular flexibility index (Phi) is 5.74. The molecule has 0 saturated carbocycles. The van der Waals surface area contributed by atoms with Gasteiger partial charge in [0.05, 0.1) is 16.3 Å². The Morgan fingerprint density at radius 3 is 2.62 bits per heavy atom. The number of thioether (sulfide) groups is 1. The van der Waals surface area contributed by atoms with Crippen LogP contribution in [0, 0.1) is 6.92 Å². The van der Waals surface area contributed by atoms with Crippen molar-refractivity contribution in [2.45, 2.75) is 23.9 Å². The number of halogens is 4. The SMILES string of the molecule is Cc1ccc(Nc2nc(CSc3ncc(C(F)(F)F)cc3Cl)cs2)cc1. The third-order valence-electron chi connectivity index (χ3n) is 3.35. The van der Waals surface area contributed by atoms with Crippen LogP contribution < -0.4 is 5.32 Å². The van der Waals surface area contributed by atoms with E-state index >= 15 is 0 Å². The average Bonchev–Trinajstić information content (AvgIpc) is 3.02. The van der Waals surface area contributed by atoms with Gasteiger partial charge in [-0.1, -0.05) is 41.1 Å². The Balaban J connectivity index is 1.62. The van der Waals surface area contributed by atoms with Crippen LogP contribution in [0.1, 0.15) is 16.8 Å². The lowest BCUT2D eigenvalue weighted by atomic mass is 10.2. The normalized spacial score (nSPS) is 11.6. The third kappa shape index (κ3) is 4.90. The number of rotatable bonds is 5. The molecule has 0 radical (unpaired) electrons. The Bertz CT molecular complexity index is 895. The van der Waals surface area contributed by atoms with Gasteiger partial charge in [-0.2, -0.15) is 13.2 Å². The minimum Gasteiger partial charge on any atom is -0.332 e. The molecule has 0 bridgehead atoms. The molecule has 0 fully saturated rings. The van der Waals surface area contributed by atoms with E-state index in [1.807, 2.05) is 36.6 Å². The molecule has 26 heavy (non-hydrogen) atoms. The molecular weight excluding hydrogens is 403 g/mol. The number of alkyl halides is 3. The molecule has 0 amide bonds. The zero-order valence-corrected chi connectivity index (χ0v) is 15.9. The number of benzene rings is 1. The van der Waals surface area contributed by atoms with Crippen LogP contribution in [0.3, 0.4) is 0 Å². The molecule has 0 aliphatic heterocycles. The predicted octanol–water partition coefficient (Wildman–Crippen LogP) is 6.55. The predicted molar refractivity (Wildman–Crippen MR) is 100 cm³/mol. The summed E-state index contributed by atoms with van der Waals surface area (Å²) in [4.78, 5) is 8.28. The second kappa shape index (κ2) is 7.85. The number of thiazole rings is 1. The fourth-order valence-corrected chi connectivity index (χ4v) is 3.94. The molecule has 9 heteroatoms. The van der Waals surface area contributed by atoms with Gasteiger partial charge in [0.2, 0.25) is 0 Å². The van der Waals surface area contributed by atoms with Crippen LogP contribution in [0.2, 0.25) is 5.02 Å². The van der Waals surface area contributed by atoms with Gasteiger partial charge in [0, 0.05) is 23.0 Å². The van der Waals surface area contributed by atoms with Gasteiger partial charge in [0.15, 0.2) is 5.13 Å². The first-order valence-electron chi connectivity index (χ1n) is 7.45. The van der Waals surface area contributed by atoms with Crippen molar-refractivity contribution in [1.82, 2.24) is 9.97 Å². The summed E-state index contributed by atoms with van der Waals surface area (Å²) < 4.78 is 37.9. The number of aromatic nitrogens is 2. The van der Waals surface area contributed by atoms with Crippen LogP contribution in [0.25, 0.3) is 0 Å². The minimum absolute atomic E-state index is 0.0157. The molecule has 1 aromatic carbocycles. The summed E-state index contributed by atoms with van der Waals surface area (Å²) in [7, 11) is 0. The van der Waals surface area contributed by atoms with E-state index in [0.717, 1.165) is 28.8 Å². The van der Waals surface area contributed by atoms with Crippen molar-refractivity contribution in [2.75, 3.05) is 5.32 Å². The van der Waals surface area contributed by atoms with Crippen molar-refractivity contribution in [3.05, 3.63) is 63.8 Å². The van der Waals surface area contributed by atoms with Crippen molar-refractivity contribution < 1.29 is 13.2 Å². The van der Waals surface area contributed by atoms with Crippen molar-refractivity contribution >= 4 is 45.5 Å². The summed E-state index contributed by atoms with van der Waals surface area (Å²) in [5, 5.41) is 6.19. The number of pyridine rings is 1. The second-order valence-corrected chi connectivity index (χ2v) is 7.66. The molecule has 0 atom stereocenters. The molecule has 0 saturated heterocycles. The smallest absolute Gasteiger partial charge is 0.332 e. The topological polar surface area (TPSA) is 37.8 Å². The Morgan fingerprint density at radius 1 is 1.23 bits per heavy atom. The Morgan fingerprint density at radius 2 is 1.96 bits per heavy atom. The van der Waals surface area contributed by atoms with Crippen LogP contribution >= 0.6 is 34.7 Å². The molecule has 0 aliphatic rings.